The Kier molecular flexibility index (Phi) is 6.11. The SMILES string of the molecule is COc1ccc(-c2c(Nc3ncccn3)nc3c(-c4ccccc4)c(-c4ccccc4)nn3c2OC)cc1. The van der Waals surface area contributed by atoms with Crippen LogP contribution in [0.5, 0.6) is 11.6 Å². The summed E-state index contributed by atoms with van der Waals surface area (Å²) >= 11 is 0. The first kappa shape index (κ1) is 23.2. The van der Waals surface area contributed by atoms with Crippen molar-refractivity contribution in [3.63, 3.8) is 0 Å². The van der Waals surface area contributed by atoms with E-state index in [1.807, 2.05) is 72.8 Å². The number of hydrogen-bond donors (Lipinski definition) is 1. The van der Waals surface area contributed by atoms with Crippen molar-refractivity contribution in [3.05, 3.63) is 103 Å². The van der Waals surface area contributed by atoms with Gasteiger partial charge in [-0.15, -0.1) is 0 Å². The number of aromatic nitrogens is 5. The molecule has 8 heteroatoms. The van der Waals surface area contributed by atoms with Crippen LogP contribution in [-0.4, -0.2) is 38.8 Å². The molecule has 186 valence electrons. The zero-order chi connectivity index (χ0) is 25.9. The van der Waals surface area contributed by atoms with Crippen LogP contribution in [-0.2, 0) is 0 Å². The Hall–Kier alpha value is -5.24. The van der Waals surface area contributed by atoms with E-state index in [2.05, 4.69) is 27.4 Å². The van der Waals surface area contributed by atoms with Crippen molar-refractivity contribution in [2.24, 2.45) is 0 Å². The molecule has 0 aliphatic carbocycles. The van der Waals surface area contributed by atoms with Crippen LogP contribution in [0.4, 0.5) is 11.8 Å². The van der Waals surface area contributed by atoms with Crippen molar-refractivity contribution < 1.29 is 9.47 Å². The minimum Gasteiger partial charge on any atom is -0.497 e. The van der Waals surface area contributed by atoms with E-state index in [0.717, 1.165) is 39.3 Å². The van der Waals surface area contributed by atoms with Gasteiger partial charge in [-0.2, -0.15) is 9.61 Å². The molecule has 3 aromatic carbocycles. The lowest BCUT2D eigenvalue weighted by atomic mass is 10.0. The normalized spacial score (nSPS) is 10.9. The van der Waals surface area contributed by atoms with Crippen molar-refractivity contribution in [1.29, 1.82) is 0 Å². The third-order valence-corrected chi connectivity index (χ3v) is 6.20. The van der Waals surface area contributed by atoms with Gasteiger partial charge in [0.05, 0.1) is 25.3 Å². The number of nitrogens with one attached hydrogen (secondary N) is 1. The van der Waals surface area contributed by atoms with Gasteiger partial charge in [0, 0.05) is 18.0 Å². The molecule has 8 nitrogen and oxygen atoms in total. The number of nitrogens with zero attached hydrogens (tertiary/aromatic N) is 5. The van der Waals surface area contributed by atoms with E-state index in [4.69, 9.17) is 19.6 Å². The minimum absolute atomic E-state index is 0.422. The molecule has 1 N–H and O–H groups in total. The summed E-state index contributed by atoms with van der Waals surface area (Å²) in [6.07, 6.45) is 3.36. The maximum atomic E-state index is 6.04. The van der Waals surface area contributed by atoms with Gasteiger partial charge in [-0.3, -0.25) is 0 Å². The molecule has 3 aromatic heterocycles. The van der Waals surface area contributed by atoms with Crippen LogP contribution in [0.2, 0.25) is 0 Å². The van der Waals surface area contributed by atoms with Gasteiger partial charge in [-0.05, 0) is 29.3 Å². The van der Waals surface area contributed by atoms with E-state index in [9.17, 15) is 0 Å². The first-order valence-electron chi connectivity index (χ1n) is 12.1. The second kappa shape index (κ2) is 10.0. The number of ether oxygens (including phenoxy) is 2. The highest BCUT2D eigenvalue weighted by molar-refractivity contribution is 5.93. The Labute approximate surface area is 219 Å². The molecule has 0 atom stereocenters. The Bertz CT molecular complexity index is 1690. The van der Waals surface area contributed by atoms with Crippen LogP contribution in [0.1, 0.15) is 0 Å². The van der Waals surface area contributed by atoms with Crippen molar-refractivity contribution in [2.45, 2.75) is 0 Å². The summed E-state index contributed by atoms with van der Waals surface area (Å²) in [5.74, 6) is 2.24. The topological polar surface area (TPSA) is 86.5 Å². The first-order valence-corrected chi connectivity index (χ1v) is 12.1. The van der Waals surface area contributed by atoms with E-state index in [1.165, 1.54) is 0 Å². The lowest BCUT2D eigenvalue weighted by Crippen LogP contribution is -2.07. The molecule has 0 saturated carbocycles. The molecule has 0 bridgehead atoms. The van der Waals surface area contributed by atoms with Crippen molar-refractivity contribution in [3.8, 4) is 45.1 Å². The molecule has 38 heavy (non-hydrogen) atoms. The highest BCUT2D eigenvalue weighted by Gasteiger charge is 2.25. The third kappa shape index (κ3) is 4.18. The predicted molar refractivity (Wildman–Crippen MR) is 148 cm³/mol. The van der Waals surface area contributed by atoms with Crippen molar-refractivity contribution >= 4 is 17.4 Å². The molecule has 0 aliphatic heterocycles. The number of hydrogen-bond acceptors (Lipinski definition) is 7. The molecule has 0 fully saturated rings. The van der Waals surface area contributed by atoms with Crippen LogP contribution in [0.25, 0.3) is 39.2 Å². The zero-order valence-corrected chi connectivity index (χ0v) is 20.9. The molecule has 0 aliphatic rings. The molecule has 3 heterocycles. The van der Waals surface area contributed by atoms with E-state index in [-0.39, 0.29) is 0 Å². The summed E-state index contributed by atoms with van der Waals surface area (Å²) in [5, 5.41) is 8.35. The van der Waals surface area contributed by atoms with Gasteiger partial charge in [0.1, 0.15) is 17.3 Å². The van der Waals surface area contributed by atoms with E-state index >= 15 is 0 Å². The van der Waals surface area contributed by atoms with Crippen LogP contribution in [0, 0.1) is 0 Å². The molecular formula is C30H24N6O2. The minimum atomic E-state index is 0.422. The molecule has 6 rings (SSSR count). The molecule has 0 unspecified atom stereocenters. The Morgan fingerprint density at radius 3 is 1.92 bits per heavy atom. The highest BCUT2D eigenvalue weighted by Crippen LogP contribution is 2.42. The standard InChI is InChI=1S/C30H24N6O2/c1-37-23-16-14-21(15-17-23)25-27(34-30-31-18-9-19-32-30)33-28-24(20-10-5-3-6-11-20)26(22-12-7-4-8-13-22)35-36(28)29(25)38-2/h3-19H,1-2H3,(H,31,32,33,34). The summed E-state index contributed by atoms with van der Waals surface area (Å²) in [6, 6.07) is 29.7. The summed E-state index contributed by atoms with van der Waals surface area (Å²) in [7, 11) is 3.28. The third-order valence-electron chi connectivity index (χ3n) is 6.20. The molecule has 0 spiro atoms. The number of methoxy groups -OCH3 is 2. The summed E-state index contributed by atoms with van der Waals surface area (Å²) in [5.41, 5.74) is 5.90. The molecule has 0 radical (unpaired) electrons. The fraction of sp³-hybridized carbons (Fsp3) is 0.0667. The summed E-state index contributed by atoms with van der Waals surface area (Å²) in [4.78, 5) is 13.8. The second-order valence-corrected chi connectivity index (χ2v) is 8.46. The molecule has 6 aromatic rings. The Morgan fingerprint density at radius 1 is 0.658 bits per heavy atom. The van der Waals surface area contributed by atoms with Crippen molar-refractivity contribution in [2.75, 3.05) is 19.5 Å². The van der Waals surface area contributed by atoms with Gasteiger partial charge in [0.2, 0.25) is 11.8 Å². The highest BCUT2D eigenvalue weighted by atomic mass is 16.5. The second-order valence-electron chi connectivity index (χ2n) is 8.46. The average molecular weight is 501 g/mol. The number of rotatable bonds is 7. The van der Waals surface area contributed by atoms with Gasteiger partial charge >= 0.3 is 0 Å². The monoisotopic (exact) mass is 500 g/mol. The lowest BCUT2D eigenvalue weighted by molar-refractivity contribution is 0.387. The van der Waals surface area contributed by atoms with E-state index in [1.54, 1.807) is 37.2 Å². The van der Waals surface area contributed by atoms with Crippen LogP contribution in [0.3, 0.4) is 0 Å². The molecule has 0 amide bonds. The largest absolute Gasteiger partial charge is 0.497 e. The Balaban J connectivity index is 1.69. The van der Waals surface area contributed by atoms with Gasteiger partial charge in [0.15, 0.2) is 5.65 Å². The van der Waals surface area contributed by atoms with E-state index < -0.39 is 0 Å². The number of anilines is 2. The predicted octanol–water partition coefficient (Wildman–Crippen LogP) is 6.28. The summed E-state index contributed by atoms with van der Waals surface area (Å²) in [6.45, 7) is 0. The summed E-state index contributed by atoms with van der Waals surface area (Å²) < 4.78 is 13.2. The molecular weight excluding hydrogens is 476 g/mol. The Morgan fingerprint density at radius 2 is 1.29 bits per heavy atom. The maximum absolute atomic E-state index is 6.04. The quantitative estimate of drug-likeness (QED) is 0.276. The van der Waals surface area contributed by atoms with Gasteiger partial charge in [-0.1, -0.05) is 72.8 Å². The van der Waals surface area contributed by atoms with Gasteiger partial charge in [-0.25, -0.2) is 15.0 Å². The lowest BCUT2D eigenvalue weighted by Gasteiger charge is -2.16. The fourth-order valence-electron chi connectivity index (χ4n) is 4.46. The fourth-order valence-corrected chi connectivity index (χ4v) is 4.46. The number of fused-ring (bicyclic) bond motifs is 1. The van der Waals surface area contributed by atoms with E-state index in [0.29, 0.717) is 23.3 Å². The number of benzene rings is 3. The van der Waals surface area contributed by atoms with Gasteiger partial charge in [0.25, 0.3) is 0 Å². The van der Waals surface area contributed by atoms with Crippen molar-refractivity contribution in [1.82, 2.24) is 24.6 Å². The average Bonchev–Trinajstić information content (AvgIpc) is 3.37. The van der Waals surface area contributed by atoms with Gasteiger partial charge < -0.3 is 14.8 Å². The molecule has 0 saturated heterocycles. The maximum Gasteiger partial charge on any atom is 0.228 e. The first-order chi connectivity index (χ1) is 18.8. The van der Waals surface area contributed by atoms with Crippen LogP contribution < -0.4 is 14.8 Å². The van der Waals surface area contributed by atoms with Crippen LogP contribution >= 0.6 is 0 Å². The zero-order valence-electron chi connectivity index (χ0n) is 20.9. The van der Waals surface area contributed by atoms with Crippen LogP contribution in [0.15, 0.2) is 103 Å². The smallest absolute Gasteiger partial charge is 0.228 e.